The van der Waals surface area contributed by atoms with Gasteiger partial charge in [0.05, 0.1) is 0 Å². The molecule has 1 rings (SSSR count). The van der Waals surface area contributed by atoms with Gasteiger partial charge >= 0.3 is 5.97 Å². The summed E-state index contributed by atoms with van der Waals surface area (Å²) in [6.45, 7) is 0.295. The summed E-state index contributed by atoms with van der Waals surface area (Å²) in [6.07, 6.45) is 1.48. The van der Waals surface area contributed by atoms with E-state index in [1.165, 1.54) is 13.2 Å². The second-order valence-corrected chi connectivity index (χ2v) is 5.57. The molecule has 0 fully saturated rings. The third kappa shape index (κ3) is 4.51. The number of halogens is 1. The van der Waals surface area contributed by atoms with E-state index in [4.69, 9.17) is 9.84 Å². The number of pyridine rings is 1. The largest absolute Gasteiger partial charge is 0.480 e. The fourth-order valence-corrected chi connectivity index (χ4v) is 2.71. The average molecular weight is 306 g/mol. The normalized spacial score (nSPS) is 13.1. The summed E-state index contributed by atoms with van der Waals surface area (Å²) >= 11 is 0. The van der Waals surface area contributed by atoms with E-state index in [9.17, 15) is 17.6 Å². The van der Waals surface area contributed by atoms with Crippen LogP contribution in [0.1, 0.15) is 12.8 Å². The lowest BCUT2D eigenvalue weighted by Gasteiger charge is -2.14. The number of sulfonamides is 1. The van der Waals surface area contributed by atoms with Gasteiger partial charge in [-0.25, -0.2) is 17.8 Å². The molecule has 1 heterocycles. The molecule has 0 bridgehead atoms. The number of aromatic nitrogens is 1. The van der Waals surface area contributed by atoms with Gasteiger partial charge in [0.15, 0.2) is 5.82 Å². The first-order valence-electron chi connectivity index (χ1n) is 5.73. The van der Waals surface area contributed by atoms with E-state index < -0.39 is 32.9 Å². The van der Waals surface area contributed by atoms with E-state index in [1.807, 2.05) is 4.72 Å². The van der Waals surface area contributed by atoms with Crippen molar-refractivity contribution < 1.29 is 27.4 Å². The molecular weight excluding hydrogens is 291 g/mol. The van der Waals surface area contributed by atoms with Crippen LogP contribution in [0.25, 0.3) is 0 Å². The first-order valence-corrected chi connectivity index (χ1v) is 7.21. The fourth-order valence-electron chi connectivity index (χ4n) is 1.48. The molecule has 112 valence electrons. The lowest BCUT2D eigenvalue weighted by Crippen LogP contribution is -2.41. The quantitative estimate of drug-likeness (QED) is 0.673. The van der Waals surface area contributed by atoms with Gasteiger partial charge < -0.3 is 9.84 Å². The zero-order valence-electron chi connectivity index (χ0n) is 10.7. The Labute approximate surface area is 115 Å². The fraction of sp³-hybridized carbons (Fsp3) is 0.455. The highest BCUT2D eigenvalue weighted by Crippen LogP contribution is 2.11. The standard InChI is InChI=1S/C11H15FN2O5S/c1-19-7-3-5-9(11(15)16)14-20(17,18)10-8(12)4-2-6-13-10/h2,4,6,9,14H,3,5,7H2,1H3,(H,15,16). The molecule has 0 aromatic carbocycles. The Kier molecular flexibility index (Phi) is 5.99. The molecule has 9 heteroatoms. The maximum atomic E-state index is 13.4. The van der Waals surface area contributed by atoms with Crippen molar-refractivity contribution in [3.05, 3.63) is 24.1 Å². The Morgan fingerprint density at radius 2 is 2.30 bits per heavy atom. The maximum absolute atomic E-state index is 13.4. The van der Waals surface area contributed by atoms with Gasteiger partial charge in [-0.05, 0) is 25.0 Å². The molecule has 0 amide bonds. The first-order chi connectivity index (χ1) is 9.38. The van der Waals surface area contributed by atoms with E-state index in [-0.39, 0.29) is 6.42 Å². The van der Waals surface area contributed by atoms with E-state index in [2.05, 4.69) is 4.98 Å². The number of carbonyl (C=O) groups is 1. The van der Waals surface area contributed by atoms with Gasteiger partial charge in [0.2, 0.25) is 5.03 Å². The van der Waals surface area contributed by atoms with Crippen LogP contribution < -0.4 is 4.72 Å². The highest BCUT2D eigenvalue weighted by atomic mass is 32.2. The monoisotopic (exact) mass is 306 g/mol. The molecule has 2 N–H and O–H groups in total. The van der Waals surface area contributed by atoms with Crippen LogP contribution in [0.15, 0.2) is 23.4 Å². The number of methoxy groups -OCH3 is 1. The first kappa shape index (κ1) is 16.5. The summed E-state index contributed by atoms with van der Waals surface area (Å²) < 4.78 is 43.9. The average Bonchev–Trinajstić information content (AvgIpc) is 2.37. The maximum Gasteiger partial charge on any atom is 0.321 e. The van der Waals surface area contributed by atoms with Gasteiger partial charge in [-0.2, -0.15) is 4.72 Å². The third-order valence-electron chi connectivity index (χ3n) is 2.42. The van der Waals surface area contributed by atoms with Gasteiger partial charge in [-0.15, -0.1) is 0 Å². The van der Waals surface area contributed by atoms with Crippen LogP contribution in [0.2, 0.25) is 0 Å². The number of nitrogens with zero attached hydrogens (tertiary/aromatic N) is 1. The number of nitrogens with one attached hydrogen (secondary N) is 1. The number of rotatable bonds is 8. The van der Waals surface area contributed by atoms with Gasteiger partial charge in [-0.3, -0.25) is 4.79 Å². The Hall–Kier alpha value is -1.58. The highest BCUT2D eigenvalue weighted by Gasteiger charge is 2.28. The van der Waals surface area contributed by atoms with Crippen molar-refractivity contribution in [2.24, 2.45) is 0 Å². The predicted molar refractivity (Wildman–Crippen MR) is 67.1 cm³/mol. The van der Waals surface area contributed by atoms with Crippen molar-refractivity contribution in [1.29, 1.82) is 0 Å². The molecule has 1 aromatic heterocycles. The summed E-state index contributed by atoms with van der Waals surface area (Å²) in [7, 11) is -2.88. The summed E-state index contributed by atoms with van der Waals surface area (Å²) in [6, 6.07) is 0.806. The molecule has 0 radical (unpaired) electrons. The van der Waals surface area contributed by atoms with Gasteiger partial charge in [0.25, 0.3) is 10.0 Å². The van der Waals surface area contributed by atoms with Crippen LogP contribution in [0.5, 0.6) is 0 Å². The molecule has 0 saturated heterocycles. The molecule has 0 aliphatic heterocycles. The third-order valence-corrected chi connectivity index (χ3v) is 3.82. The van der Waals surface area contributed by atoms with Crippen molar-refractivity contribution in [3.8, 4) is 0 Å². The highest BCUT2D eigenvalue weighted by molar-refractivity contribution is 7.89. The van der Waals surface area contributed by atoms with E-state index in [0.717, 1.165) is 12.3 Å². The van der Waals surface area contributed by atoms with Crippen molar-refractivity contribution >= 4 is 16.0 Å². The van der Waals surface area contributed by atoms with Crippen LogP contribution in [0, 0.1) is 5.82 Å². The minimum Gasteiger partial charge on any atom is -0.480 e. The summed E-state index contributed by atoms with van der Waals surface area (Å²) in [5, 5.41) is 8.15. The SMILES string of the molecule is COCCCC(NS(=O)(=O)c1ncccc1F)C(=O)O. The molecule has 1 atom stereocenters. The van der Waals surface area contributed by atoms with Crippen LogP contribution in [0.4, 0.5) is 4.39 Å². The predicted octanol–water partition coefficient (Wildman–Crippen LogP) is 0.379. The van der Waals surface area contributed by atoms with Crippen molar-refractivity contribution in [1.82, 2.24) is 9.71 Å². The molecule has 0 saturated carbocycles. The lowest BCUT2D eigenvalue weighted by atomic mass is 10.2. The summed E-state index contributed by atoms with van der Waals surface area (Å²) in [5.74, 6) is -2.39. The molecule has 0 aliphatic carbocycles. The minimum absolute atomic E-state index is 0.0247. The number of ether oxygens (including phenoxy) is 1. The van der Waals surface area contributed by atoms with Gasteiger partial charge in [0.1, 0.15) is 6.04 Å². The van der Waals surface area contributed by atoms with Gasteiger partial charge in [-0.1, -0.05) is 0 Å². The number of hydrogen-bond donors (Lipinski definition) is 2. The summed E-state index contributed by atoms with van der Waals surface area (Å²) in [5.41, 5.74) is 0. The van der Waals surface area contributed by atoms with Crippen LogP contribution in [-0.4, -0.2) is 44.2 Å². The zero-order valence-corrected chi connectivity index (χ0v) is 11.6. The lowest BCUT2D eigenvalue weighted by molar-refractivity contribution is -0.139. The molecule has 0 spiro atoms. The van der Waals surface area contributed by atoms with Crippen molar-refractivity contribution in [2.75, 3.05) is 13.7 Å². The number of carboxylic acid groups (broad SMARTS) is 1. The Morgan fingerprint density at radius 3 is 2.85 bits per heavy atom. The van der Waals surface area contributed by atoms with E-state index in [0.29, 0.717) is 13.0 Å². The number of carboxylic acids is 1. The van der Waals surface area contributed by atoms with Crippen molar-refractivity contribution in [3.63, 3.8) is 0 Å². The molecule has 0 aliphatic rings. The molecule has 1 aromatic rings. The molecule has 20 heavy (non-hydrogen) atoms. The zero-order chi connectivity index (χ0) is 15.2. The Balaban J connectivity index is 2.87. The number of aliphatic carboxylic acids is 1. The minimum atomic E-state index is -4.33. The molecule has 7 nitrogen and oxygen atoms in total. The van der Waals surface area contributed by atoms with Crippen molar-refractivity contribution in [2.45, 2.75) is 23.9 Å². The van der Waals surface area contributed by atoms with E-state index in [1.54, 1.807) is 0 Å². The van der Waals surface area contributed by atoms with Crippen LogP contribution >= 0.6 is 0 Å². The van der Waals surface area contributed by atoms with Gasteiger partial charge in [0, 0.05) is 19.9 Å². The number of hydrogen-bond acceptors (Lipinski definition) is 5. The van der Waals surface area contributed by atoms with E-state index >= 15 is 0 Å². The second-order valence-electron chi connectivity index (χ2n) is 3.94. The Bertz CT molecular complexity index is 564. The second kappa shape index (κ2) is 7.27. The smallest absolute Gasteiger partial charge is 0.321 e. The topological polar surface area (TPSA) is 106 Å². The van der Waals surface area contributed by atoms with Crippen LogP contribution in [-0.2, 0) is 19.6 Å². The molecular formula is C11H15FN2O5S. The molecule has 1 unspecified atom stereocenters. The van der Waals surface area contributed by atoms with Crippen LogP contribution in [0.3, 0.4) is 0 Å². The summed E-state index contributed by atoms with van der Waals surface area (Å²) in [4.78, 5) is 14.4. The Morgan fingerprint density at radius 1 is 1.60 bits per heavy atom.